The Morgan fingerprint density at radius 2 is 2.00 bits per heavy atom. The summed E-state index contributed by atoms with van der Waals surface area (Å²) in [5.74, 6) is -5.49. The van der Waals surface area contributed by atoms with E-state index in [4.69, 9.17) is 0 Å². The Morgan fingerprint density at radius 1 is 1.29 bits per heavy atom. The molecule has 0 saturated carbocycles. The summed E-state index contributed by atoms with van der Waals surface area (Å²) in [7, 11) is 0. The summed E-state index contributed by atoms with van der Waals surface area (Å²) in [4.78, 5) is 36.3. The first-order valence-electron chi connectivity index (χ1n) is 6.89. The zero-order chi connectivity index (χ0) is 17.9. The van der Waals surface area contributed by atoms with Crippen LogP contribution in [0, 0.1) is 17.5 Å². The van der Waals surface area contributed by atoms with Gasteiger partial charge >= 0.3 is 6.03 Å². The lowest BCUT2D eigenvalue weighted by molar-refractivity contribution is -0.130. The lowest BCUT2D eigenvalue weighted by Crippen LogP contribution is -2.38. The van der Waals surface area contributed by atoms with Crippen LogP contribution in [0.5, 0.6) is 0 Å². The first-order chi connectivity index (χ1) is 11.3. The summed E-state index contributed by atoms with van der Waals surface area (Å²) in [6.45, 7) is -0.654. The maximum atomic E-state index is 13.5. The predicted octanol–water partition coefficient (Wildman–Crippen LogP) is 1.72. The van der Waals surface area contributed by atoms with Crippen LogP contribution in [0.2, 0.25) is 0 Å². The minimum absolute atomic E-state index is 0.418. The van der Waals surface area contributed by atoms with E-state index >= 15 is 0 Å². The second-order valence-corrected chi connectivity index (χ2v) is 5.96. The van der Waals surface area contributed by atoms with E-state index in [9.17, 15) is 27.6 Å². The van der Waals surface area contributed by atoms with Gasteiger partial charge in [0, 0.05) is 0 Å². The minimum atomic E-state index is -1.72. The van der Waals surface area contributed by atoms with Gasteiger partial charge in [0.1, 0.15) is 12.6 Å². The number of carbonyl (C=O) groups is 3. The SMILES string of the molecule is CSCC[C@H]1NC(=O)N(CC(=O)Nc2ccc(F)c(F)c2F)C1=O. The summed E-state index contributed by atoms with van der Waals surface area (Å²) < 4.78 is 39.4. The Kier molecular flexibility index (Phi) is 5.71. The maximum Gasteiger partial charge on any atom is 0.325 e. The van der Waals surface area contributed by atoms with Gasteiger partial charge in [0.15, 0.2) is 17.5 Å². The second kappa shape index (κ2) is 7.56. The van der Waals surface area contributed by atoms with Crippen molar-refractivity contribution in [2.45, 2.75) is 12.5 Å². The molecule has 1 saturated heterocycles. The van der Waals surface area contributed by atoms with Gasteiger partial charge in [-0.25, -0.2) is 18.0 Å². The number of imide groups is 1. The Labute approximate surface area is 139 Å². The van der Waals surface area contributed by atoms with Gasteiger partial charge in [0.2, 0.25) is 5.91 Å². The Balaban J connectivity index is 2.01. The van der Waals surface area contributed by atoms with Gasteiger partial charge in [-0.1, -0.05) is 0 Å². The molecular weight excluding hydrogens is 347 g/mol. The van der Waals surface area contributed by atoms with Crippen LogP contribution >= 0.6 is 11.8 Å². The summed E-state index contributed by atoms with van der Waals surface area (Å²) >= 11 is 1.50. The normalized spacial score (nSPS) is 17.2. The summed E-state index contributed by atoms with van der Waals surface area (Å²) in [6.07, 6.45) is 2.27. The third-order valence-corrected chi connectivity index (χ3v) is 3.97. The van der Waals surface area contributed by atoms with E-state index in [2.05, 4.69) is 5.32 Å². The molecule has 4 amide bonds. The molecule has 0 aromatic heterocycles. The Hall–Kier alpha value is -2.23. The van der Waals surface area contributed by atoms with Crippen molar-refractivity contribution in [1.82, 2.24) is 10.2 Å². The molecule has 10 heteroatoms. The summed E-state index contributed by atoms with van der Waals surface area (Å²) in [5, 5.41) is 4.45. The van der Waals surface area contributed by atoms with Crippen LogP contribution in [0.4, 0.5) is 23.7 Å². The number of carbonyl (C=O) groups excluding carboxylic acids is 3. The number of benzene rings is 1. The molecule has 2 rings (SSSR count). The van der Waals surface area contributed by atoms with Gasteiger partial charge in [-0.05, 0) is 30.6 Å². The highest BCUT2D eigenvalue weighted by atomic mass is 32.2. The number of rotatable bonds is 6. The Bertz CT molecular complexity index is 687. The van der Waals surface area contributed by atoms with Crippen molar-refractivity contribution in [2.24, 2.45) is 0 Å². The number of nitrogens with zero attached hydrogens (tertiary/aromatic N) is 1. The second-order valence-electron chi connectivity index (χ2n) is 4.98. The van der Waals surface area contributed by atoms with Gasteiger partial charge in [-0.15, -0.1) is 0 Å². The molecule has 1 aliphatic heterocycles. The molecular formula is C14H14F3N3O3S. The van der Waals surface area contributed by atoms with Crippen molar-refractivity contribution in [3.05, 3.63) is 29.6 Å². The summed E-state index contributed by atoms with van der Waals surface area (Å²) in [6, 6.07) is 0.0590. The van der Waals surface area contributed by atoms with Crippen LogP contribution in [0.3, 0.4) is 0 Å². The van der Waals surface area contributed by atoms with Gasteiger partial charge in [0.05, 0.1) is 5.69 Å². The number of hydrogen-bond acceptors (Lipinski definition) is 4. The number of hydrogen-bond donors (Lipinski definition) is 2. The third-order valence-electron chi connectivity index (χ3n) is 3.33. The van der Waals surface area contributed by atoms with Crippen LogP contribution in [-0.2, 0) is 9.59 Å². The lowest BCUT2D eigenvalue weighted by Gasteiger charge is -2.13. The molecule has 130 valence electrons. The predicted molar refractivity (Wildman–Crippen MR) is 82.0 cm³/mol. The molecule has 0 bridgehead atoms. The molecule has 1 heterocycles. The number of urea groups is 1. The summed E-state index contributed by atoms with van der Waals surface area (Å²) in [5.41, 5.74) is -0.579. The lowest BCUT2D eigenvalue weighted by atomic mass is 10.2. The fraction of sp³-hybridized carbons (Fsp3) is 0.357. The first-order valence-corrected chi connectivity index (χ1v) is 8.28. The molecule has 1 aromatic rings. The molecule has 2 N–H and O–H groups in total. The van der Waals surface area contributed by atoms with Crippen LogP contribution in [-0.4, -0.2) is 47.3 Å². The van der Waals surface area contributed by atoms with Gasteiger partial charge in [-0.2, -0.15) is 11.8 Å². The van der Waals surface area contributed by atoms with Crippen LogP contribution in [0.1, 0.15) is 6.42 Å². The van der Waals surface area contributed by atoms with Crippen LogP contribution in [0.25, 0.3) is 0 Å². The number of amides is 4. The van der Waals surface area contributed by atoms with E-state index in [0.717, 1.165) is 6.07 Å². The highest BCUT2D eigenvalue weighted by molar-refractivity contribution is 7.98. The molecule has 0 aliphatic carbocycles. The number of anilines is 1. The molecule has 1 atom stereocenters. The fourth-order valence-electron chi connectivity index (χ4n) is 2.11. The molecule has 0 unspecified atom stereocenters. The smallest absolute Gasteiger partial charge is 0.325 e. The average molecular weight is 361 g/mol. The van der Waals surface area contributed by atoms with E-state index in [-0.39, 0.29) is 0 Å². The van der Waals surface area contributed by atoms with Crippen LogP contribution < -0.4 is 10.6 Å². The van der Waals surface area contributed by atoms with Crippen molar-refractivity contribution in [3.8, 4) is 0 Å². The number of halogens is 3. The van der Waals surface area contributed by atoms with Gasteiger partial charge < -0.3 is 10.6 Å². The van der Waals surface area contributed by atoms with E-state index in [1.807, 2.05) is 11.6 Å². The fourth-order valence-corrected chi connectivity index (χ4v) is 2.59. The van der Waals surface area contributed by atoms with Crippen molar-refractivity contribution in [2.75, 3.05) is 23.9 Å². The molecule has 1 aliphatic rings. The monoisotopic (exact) mass is 361 g/mol. The van der Waals surface area contributed by atoms with Crippen molar-refractivity contribution >= 4 is 35.3 Å². The minimum Gasteiger partial charge on any atom is -0.326 e. The highest BCUT2D eigenvalue weighted by Gasteiger charge is 2.38. The van der Waals surface area contributed by atoms with Gasteiger partial charge in [0.25, 0.3) is 5.91 Å². The van der Waals surface area contributed by atoms with E-state index in [1.54, 1.807) is 0 Å². The quantitative estimate of drug-likeness (QED) is 0.597. The standard InChI is InChI=1S/C14H14F3N3O3S/c1-24-5-4-9-13(22)20(14(23)19-9)6-10(21)18-8-3-2-7(15)11(16)12(8)17/h2-3,9H,4-6H2,1H3,(H,18,21)(H,19,23)/t9-/m1/s1. The number of nitrogens with one attached hydrogen (secondary N) is 2. The average Bonchev–Trinajstić information content (AvgIpc) is 2.81. The molecule has 1 fully saturated rings. The zero-order valence-corrected chi connectivity index (χ0v) is 13.4. The van der Waals surface area contributed by atoms with E-state index < -0.39 is 53.6 Å². The Morgan fingerprint density at radius 3 is 2.67 bits per heavy atom. The molecule has 6 nitrogen and oxygen atoms in total. The van der Waals surface area contributed by atoms with E-state index in [1.165, 1.54) is 11.8 Å². The molecule has 1 aromatic carbocycles. The molecule has 0 spiro atoms. The highest BCUT2D eigenvalue weighted by Crippen LogP contribution is 2.20. The zero-order valence-electron chi connectivity index (χ0n) is 12.6. The van der Waals surface area contributed by atoms with Crippen LogP contribution in [0.15, 0.2) is 12.1 Å². The molecule has 24 heavy (non-hydrogen) atoms. The third kappa shape index (κ3) is 3.81. The van der Waals surface area contributed by atoms with Crippen molar-refractivity contribution in [3.63, 3.8) is 0 Å². The number of thioether (sulfide) groups is 1. The van der Waals surface area contributed by atoms with Crippen molar-refractivity contribution < 1.29 is 27.6 Å². The van der Waals surface area contributed by atoms with Gasteiger partial charge in [-0.3, -0.25) is 14.5 Å². The maximum absolute atomic E-state index is 13.5. The largest absolute Gasteiger partial charge is 0.326 e. The van der Waals surface area contributed by atoms with E-state index in [0.29, 0.717) is 23.1 Å². The van der Waals surface area contributed by atoms with Crippen molar-refractivity contribution in [1.29, 1.82) is 0 Å². The first kappa shape index (κ1) is 18.1. The molecule has 0 radical (unpaired) electrons. The topological polar surface area (TPSA) is 78.5 Å².